The number of aliphatic hydroxyl groups is 1. The van der Waals surface area contributed by atoms with Crippen molar-refractivity contribution in [3.8, 4) is 0 Å². The zero-order valence-electron chi connectivity index (χ0n) is 10.5. The standard InChI is InChI=1S/C11H24N2O3/c1-4-16-11(15)13-8-6-5-7-10(12-3)9(2)14/h9-10,12,14H,4-8H2,1-3H3,(H,13,15). The van der Waals surface area contributed by atoms with E-state index in [9.17, 15) is 9.90 Å². The molecule has 5 heteroatoms. The number of aliphatic hydroxyl groups excluding tert-OH is 1. The largest absolute Gasteiger partial charge is 0.450 e. The molecule has 0 aliphatic rings. The first-order valence-electron chi connectivity index (χ1n) is 5.87. The first-order valence-corrected chi connectivity index (χ1v) is 5.87. The van der Waals surface area contributed by atoms with Gasteiger partial charge in [-0.1, -0.05) is 6.42 Å². The molecular weight excluding hydrogens is 208 g/mol. The van der Waals surface area contributed by atoms with E-state index in [2.05, 4.69) is 10.6 Å². The van der Waals surface area contributed by atoms with Crippen LogP contribution in [0.25, 0.3) is 0 Å². The highest BCUT2D eigenvalue weighted by Gasteiger charge is 2.11. The lowest BCUT2D eigenvalue weighted by Crippen LogP contribution is -2.35. The third-order valence-electron chi connectivity index (χ3n) is 2.44. The lowest BCUT2D eigenvalue weighted by Gasteiger charge is -2.18. The van der Waals surface area contributed by atoms with Crippen LogP contribution >= 0.6 is 0 Å². The Kier molecular flexibility index (Phi) is 8.94. The summed E-state index contributed by atoms with van der Waals surface area (Å²) in [6.07, 6.45) is 2.05. The van der Waals surface area contributed by atoms with Gasteiger partial charge in [0.25, 0.3) is 0 Å². The Bertz CT molecular complexity index is 186. The molecule has 0 heterocycles. The molecule has 0 saturated heterocycles. The first-order chi connectivity index (χ1) is 7.61. The van der Waals surface area contributed by atoms with Gasteiger partial charge in [-0.05, 0) is 33.7 Å². The monoisotopic (exact) mass is 232 g/mol. The number of ether oxygens (including phenoxy) is 1. The van der Waals surface area contributed by atoms with Crippen LogP contribution in [0.3, 0.4) is 0 Å². The van der Waals surface area contributed by atoms with E-state index in [0.717, 1.165) is 19.3 Å². The first kappa shape index (κ1) is 15.2. The van der Waals surface area contributed by atoms with E-state index in [1.165, 1.54) is 0 Å². The van der Waals surface area contributed by atoms with E-state index in [4.69, 9.17) is 4.74 Å². The Labute approximate surface area is 97.6 Å². The molecule has 0 fully saturated rings. The number of hydrogen-bond acceptors (Lipinski definition) is 4. The number of unbranched alkanes of at least 4 members (excludes halogenated alkanes) is 1. The highest BCUT2D eigenvalue weighted by Crippen LogP contribution is 2.04. The summed E-state index contributed by atoms with van der Waals surface area (Å²) in [7, 11) is 1.84. The van der Waals surface area contributed by atoms with Crippen molar-refractivity contribution >= 4 is 6.09 Å². The smallest absolute Gasteiger partial charge is 0.407 e. The van der Waals surface area contributed by atoms with Crippen LogP contribution in [0.1, 0.15) is 33.1 Å². The molecule has 1 amide bonds. The van der Waals surface area contributed by atoms with Crippen molar-refractivity contribution in [1.82, 2.24) is 10.6 Å². The van der Waals surface area contributed by atoms with Gasteiger partial charge in [-0.25, -0.2) is 4.79 Å². The molecule has 0 aliphatic carbocycles. The molecule has 0 saturated carbocycles. The zero-order chi connectivity index (χ0) is 12.4. The molecule has 96 valence electrons. The van der Waals surface area contributed by atoms with Gasteiger partial charge in [0.15, 0.2) is 0 Å². The fraction of sp³-hybridized carbons (Fsp3) is 0.909. The topological polar surface area (TPSA) is 70.6 Å². The molecule has 2 atom stereocenters. The van der Waals surface area contributed by atoms with Crippen LogP contribution < -0.4 is 10.6 Å². The molecule has 0 aromatic rings. The molecule has 0 aromatic carbocycles. The summed E-state index contributed by atoms with van der Waals surface area (Å²) in [5.41, 5.74) is 0. The SMILES string of the molecule is CCOC(=O)NCCCCC(NC)C(C)O. The molecule has 3 N–H and O–H groups in total. The highest BCUT2D eigenvalue weighted by atomic mass is 16.5. The van der Waals surface area contributed by atoms with E-state index in [1.54, 1.807) is 13.8 Å². The van der Waals surface area contributed by atoms with Crippen LogP contribution in [0.5, 0.6) is 0 Å². The van der Waals surface area contributed by atoms with Gasteiger partial charge in [-0.3, -0.25) is 0 Å². The van der Waals surface area contributed by atoms with Gasteiger partial charge in [0.05, 0.1) is 12.7 Å². The minimum Gasteiger partial charge on any atom is -0.450 e. The molecule has 0 aromatic heterocycles. The lowest BCUT2D eigenvalue weighted by molar-refractivity contribution is 0.142. The maximum atomic E-state index is 10.9. The third kappa shape index (κ3) is 7.48. The minimum atomic E-state index is -0.358. The van der Waals surface area contributed by atoms with Crippen molar-refractivity contribution in [2.75, 3.05) is 20.2 Å². The number of carbonyl (C=O) groups excluding carboxylic acids is 1. The maximum Gasteiger partial charge on any atom is 0.407 e. The minimum absolute atomic E-state index is 0.127. The average Bonchev–Trinajstić information content (AvgIpc) is 2.23. The normalized spacial score (nSPS) is 14.2. The van der Waals surface area contributed by atoms with Crippen molar-refractivity contribution in [3.05, 3.63) is 0 Å². The lowest BCUT2D eigenvalue weighted by atomic mass is 10.1. The second-order valence-electron chi connectivity index (χ2n) is 3.78. The number of amides is 1. The molecule has 0 rings (SSSR count). The summed E-state index contributed by atoms with van der Waals surface area (Å²) in [5.74, 6) is 0. The maximum absolute atomic E-state index is 10.9. The molecule has 0 bridgehead atoms. The summed E-state index contributed by atoms with van der Waals surface area (Å²) in [4.78, 5) is 10.9. The van der Waals surface area contributed by atoms with Crippen LogP contribution in [-0.4, -0.2) is 43.5 Å². The molecule has 2 unspecified atom stereocenters. The van der Waals surface area contributed by atoms with Crippen molar-refractivity contribution in [2.24, 2.45) is 0 Å². The Morgan fingerprint density at radius 2 is 2.12 bits per heavy atom. The van der Waals surface area contributed by atoms with Gasteiger partial charge in [-0.2, -0.15) is 0 Å². The van der Waals surface area contributed by atoms with Crippen molar-refractivity contribution < 1.29 is 14.6 Å². The summed E-state index contributed by atoms with van der Waals surface area (Å²) >= 11 is 0. The summed E-state index contributed by atoms with van der Waals surface area (Å²) < 4.78 is 4.73. The van der Waals surface area contributed by atoms with Gasteiger partial charge in [0, 0.05) is 12.6 Å². The fourth-order valence-electron chi connectivity index (χ4n) is 1.49. The Hall–Kier alpha value is -0.810. The van der Waals surface area contributed by atoms with Crippen molar-refractivity contribution in [1.29, 1.82) is 0 Å². The third-order valence-corrected chi connectivity index (χ3v) is 2.44. The van der Waals surface area contributed by atoms with Gasteiger partial charge in [-0.15, -0.1) is 0 Å². The number of alkyl carbamates (subject to hydrolysis) is 1. The van der Waals surface area contributed by atoms with E-state index in [-0.39, 0.29) is 18.2 Å². The fourth-order valence-corrected chi connectivity index (χ4v) is 1.49. The summed E-state index contributed by atoms with van der Waals surface area (Å²) in [6.45, 7) is 4.57. The summed E-state index contributed by atoms with van der Waals surface area (Å²) in [5, 5.41) is 15.1. The number of likely N-dealkylation sites (N-methyl/N-ethyl adjacent to an activating group) is 1. The number of carbonyl (C=O) groups is 1. The van der Waals surface area contributed by atoms with Crippen molar-refractivity contribution in [3.63, 3.8) is 0 Å². The second-order valence-corrected chi connectivity index (χ2v) is 3.78. The van der Waals surface area contributed by atoms with Crippen LogP contribution in [0.15, 0.2) is 0 Å². The Morgan fingerprint density at radius 1 is 1.44 bits per heavy atom. The molecule has 5 nitrogen and oxygen atoms in total. The van der Waals surface area contributed by atoms with Crippen molar-refractivity contribution in [2.45, 2.75) is 45.3 Å². The Balaban J connectivity index is 3.42. The number of hydrogen-bond donors (Lipinski definition) is 3. The Morgan fingerprint density at radius 3 is 2.62 bits per heavy atom. The van der Waals surface area contributed by atoms with Gasteiger partial charge >= 0.3 is 6.09 Å². The van der Waals surface area contributed by atoms with E-state index >= 15 is 0 Å². The zero-order valence-corrected chi connectivity index (χ0v) is 10.5. The number of nitrogens with one attached hydrogen (secondary N) is 2. The van der Waals surface area contributed by atoms with E-state index < -0.39 is 0 Å². The molecular formula is C11H24N2O3. The molecule has 0 radical (unpaired) electrons. The summed E-state index contributed by atoms with van der Waals surface area (Å²) in [6, 6.07) is 0.127. The van der Waals surface area contributed by atoms with E-state index in [0.29, 0.717) is 13.2 Å². The van der Waals surface area contributed by atoms with E-state index in [1.807, 2.05) is 7.05 Å². The second kappa shape index (κ2) is 9.42. The van der Waals surface area contributed by atoms with Gasteiger partial charge in [0.2, 0.25) is 0 Å². The van der Waals surface area contributed by atoms with Crippen LogP contribution in [0.2, 0.25) is 0 Å². The quantitative estimate of drug-likeness (QED) is 0.543. The van der Waals surface area contributed by atoms with Crippen LogP contribution in [-0.2, 0) is 4.74 Å². The predicted molar refractivity (Wildman–Crippen MR) is 63.4 cm³/mol. The van der Waals surface area contributed by atoms with Gasteiger partial charge < -0.3 is 20.5 Å². The molecule has 16 heavy (non-hydrogen) atoms. The molecule has 0 aliphatic heterocycles. The number of rotatable bonds is 8. The van der Waals surface area contributed by atoms with Gasteiger partial charge in [0.1, 0.15) is 0 Å². The van der Waals surface area contributed by atoms with Crippen LogP contribution in [0.4, 0.5) is 4.79 Å². The highest BCUT2D eigenvalue weighted by molar-refractivity contribution is 5.66. The molecule has 0 spiro atoms. The average molecular weight is 232 g/mol. The predicted octanol–water partition coefficient (Wildman–Crippen LogP) is 0.872. The van der Waals surface area contributed by atoms with Crippen LogP contribution in [0, 0.1) is 0 Å².